The summed E-state index contributed by atoms with van der Waals surface area (Å²) in [6.45, 7) is 0. The van der Waals surface area contributed by atoms with E-state index in [1.165, 1.54) is 31.2 Å². The molecular formula is C15H21ClN2. The van der Waals surface area contributed by atoms with Crippen molar-refractivity contribution in [2.45, 2.75) is 38.1 Å². The molecule has 2 fully saturated rings. The Labute approximate surface area is 114 Å². The van der Waals surface area contributed by atoms with Crippen LogP contribution in [0.1, 0.15) is 31.2 Å². The standard InChI is InChI=1S/C15H21ClN2/c1-17-14(8-10-6-7-18-9-13(10)16)15-11-4-2-3-5-12(11)15/h6-7,9,11-12,14-15,17H,2-5,8H2,1H3. The topological polar surface area (TPSA) is 24.9 Å². The van der Waals surface area contributed by atoms with Gasteiger partial charge < -0.3 is 5.32 Å². The molecule has 2 aliphatic carbocycles. The quantitative estimate of drug-likeness (QED) is 0.903. The van der Waals surface area contributed by atoms with Gasteiger partial charge >= 0.3 is 0 Å². The fraction of sp³-hybridized carbons (Fsp3) is 0.667. The number of halogens is 1. The minimum Gasteiger partial charge on any atom is -0.316 e. The smallest absolute Gasteiger partial charge is 0.0621 e. The third-order valence-corrected chi connectivity index (χ3v) is 5.19. The number of nitrogens with one attached hydrogen (secondary N) is 1. The van der Waals surface area contributed by atoms with E-state index in [1.807, 2.05) is 6.20 Å². The van der Waals surface area contributed by atoms with E-state index in [2.05, 4.69) is 23.4 Å². The van der Waals surface area contributed by atoms with Gasteiger partial charge in [0, 0.05) is 18.4 Å². The van der Waals surface area contributed by atoms with Gasteiger partial charge in [0.2, 0.25) is 0 Å². The van der Waals surface area contributed by atoms with Crippen molar-refractivity contribution < 1.29 is 0 Å². The first kappa shape index (κ1) is 12.4. The molecule has 0 spiro atoms. The second-order valence-electron chi connectivity index (χ2n) is 5.76. The number of rotatable bonds is 4. The Kier molecular flexibility index (Phi) is 3.58. The first-order valence-electron chi connectivity index (χ1n) is 7.07. The van der Waals surface area contributed by atoms with Gasteiger partial charge in [0.15, 0.2) is 0 Å². The highest BCUT2D eigenvalue weighted by molar-refractivity contribution is 6.31. The summed E-state index contributed by atoms with van der Waals surface area (Å²) in [5.74, 6) is 2.84. The summed E-state index contributed by atoms with van der Waals surface area (Å²) in [4.78, 5) is 4.06. The third-order valence-electron chi connectivity index (χ3n) is 4.85. The van der Waals surface area contributed by atoms with Crippen LogP contribution in [0.25, 0.3) is 0 Å². The largest absolute Gasteiger partial charge is 0.316 e. The lowest BCUT2D eigenvalue weighted by Gasteiger charge is -2.17. The van der Waals surface area contributed by atoms with Crippen LogP contribution in [0.3, 0.4) is 0 Å². The Bertz CT molecular complexity index is 409. The van der Waals surface area contributed by atoms with E-state index in [1.54, 1.807) is 6.20 Å². The van der Waals surface area contributed by atoms with E-state index < -0.39 is 0 Å². The first-order valence-corrected chi connectivity index (χ1v) is 7.44. The number of likely N-dealkylation sites (N-methyl/N-ethyl adjacent to an activating group) is 1. The Morgan fingerprint density at radius 3 is 2.72 bits per heavy atom. The zero-order chi connectivity index (χ0) is 12.5. The van der Waals surface area contributed by atoms with Gasteiger partial charge in [-0.25, -0.2) is 0 Å². The van der Waals surface area contributed by atoms with Crippen LogP contribution >= 0.6 is 11.6 Å². The Morgan fingerprint density at radius 1 is 1.39 bits per heavy atom. The molecule has 0 radical (unpaired) electrons. The zero-order valence-electron chi connectivity index (χ0n) is 10.9. The van der Waals surface area contributed by atoms with Gasteiger partial charge in [-0.15, -0.1) is 0 Å². The average molecular weight is 265 g/mol. The molecule has 0 bridgehead atoms. The zero-order valence-corrected chi connectivity index (χ0v) is 11.7. The predicted octanol–water partition coefficient (Wildman–Crippen LogP) is 3.30. The molecule has 0 aromatic carbocycles. The monoisotopic (exact) mass is 264 g/mol. The summed E-state index contributed by atoms with van der Waals surface area (Å²) in [5.41, 5.74) is 1.23. The van der Waals surface area contributed by atoms with Crippen LogP contribution in [-0.2, 0) is 6.42 Å². The number of pyridine rings is 1. The lowest BCUT2D eigenvalue weighted by molar-refractivity contribution is 0.460. The molecule has 2 aliphatic rings. The molecule has 18 heavy (non-hydrogen) atoms. The van der Waals surface area contributed by atoms with Crippen molar-refractivity contribution in [2.24, 2.45) is 17.8 Å². The van der Waals surface area contributed by atoms with Crippen molar-refractivity contribution in [3.05, 3.63) is 29.0 Å². The van der Waals surface area contributed by atoms with Crippen molar-refractivity contribution in [3.8, 4) is 0 Å². The molecule has 98 valence electrons. The van der Waals surface area contributed by atoms with Crippen LogP contribution < -0.4 is 5.32 Å². The normalized spacial score (nSPS) is 31.8. The van der Waals surface area contributed by atoms with Crippen LogP contribution in [0.5, 0.6) is 0 Å². The molecule has 1 heterocycles. The lowest BCUT2D eigenvalue weighted by Crippen LogP contribution is -2.31. The molecule has 0 aliphatic heterocycles. The summed E-state index contributed by atoms with van der Waals surface area (Å²) < 4.78 is 0. The Hall–Kier alpha value is -0.600. The van der Waals surface area contributed by atoms with Crippen LogP contribution in [0.15, 0.2) is 18.5 Å². The van der Waals surface area contributed by atoms with E-state index in [0.717, 1.165) is 29.2 Å². The molecule has 3 heteroatoms. The molecule has 0 saturated heterocycles. The lowest BCUT2D eigenvalue weighted by atomic mass is 10.0. The van der Waals surface area contributed by atoms with Gasteiger partial charge in [0.05, 0.1) is 5.02 Å². The van der Waals surface area contributed by atoms with E-state index >= 15 is 0 Å². The number of aromatic nitrogens is 1. The fourth-order valence-corrected chi connectivity index (χ4v) is 4.08. The first-order chi connectivity index (χ1) is 8.81. The summed E-state index contributed by atoms with van der Waals surface area (Å²) in [7, 11) is 2.09. The SMILES string of the molecule is CNC(Cc1ccncc1Cl)C1C2CCCCC21. The summed E-state index contributed by atoms with van der Waals surface area (Å²) in [6, 6.07) is 2.64. The van der Waals surface area contributed by atoms with Crippen molar-refractivity contribution >= 4 is 11.6 Å². The molecule has 1 aromatic heterocycles. The second-order valence-corrected chi connectivity index (χ2v) is 6.16. The number of hydrogen-bond acceptors (Lipinski definition) is 2. The van der Waals surface area contributed by atoms with Gasteiger partial charge in [0.25, 0.3) is 0 Å². The highest BCUT2D eigenvalue weighted by atomic mass is 35.5. The number of hydrogen-bond donors (Lipinski definition) is 1. The maximum atomic E-state index is 6.21. The van der Waals surface area contributed by atoms with Crippen molar-refractivity contribution in [3.63, 3.8) is 0 Å². The van der Waals surface area contributed by atoms with Gasteiger partial charge in [-0.05, 0) is 55.7 Å². The van der Waals surface area contributed by atoms with Crippen molar-refractivity contribution in [1.82, 2.24) is 10.3 Å². The summed E-state index contributed by atoms with van der Waals surface area (Å²) in [5, 5.41) is 4.32. The summed E-state index contributed by atoms with van der Waals surface area (Å²) in [6.07, 6.45) is 10.4. The molecular weight excluding hydrogens is 244 g/mol. The number of fused-ring (bicyclic) bond motifs is 1. The molecule has 3 atom stereocenters. The van der Waals surface area contributed by atoms with Crippen LogP contribution in [0.2, 0.25) is 5.02 Å². The van der Waals surface area contributed by atoms with E-state index in [-0.39, 0.29) is 0 Å². The minimum absolute atomic E-state index is 0.581. The fourth-order valence-electron chi connectivity index (χ4n) is 3.88. The maximum Gasteiger partial charge on any atom is 0.0621 e. The van der Waals surface area contributed by atoms with Crippen LogP contribution in [-0.4, -0.2) is 18.1 Å². The van der Waals surface area contributed by atoms with Crippen molar-refractivity contribution in [1.29, 1.82) is 0 Å². The molecule has 0 amide bonds. The van der Waals surface area contributed by atoms with Gasteiger partial charge in [-0.2, -0.15) is 0 Å². The molecule has 2 nitrogen and oxygen atoms in total. The highest BCUT2D eigenvalue weighted by Gasteiger charge is 2.53. The van der Waals surface area contributed by atoms with E-state index in [4.69, 9.17) is 11.6 Å². The minimum atomic E-state index is 0.581. The second kappa shape index (κ2) is 5.18. The number of nitrogens with zero attached hydrogens (tertiary/aromatic N) is 1. The maximum absolute atomic E-state index is 6.21. The molecule has 3 rings (SSSR count). The third kappa shape index (κ3) is 2.28. The van der Waals surface area contributed by atoms with Gasteiger partial charge in [-0.3, -0.25) is 4.98 Å². The van der Waals surface area contributed by atoms with E-state index in [0.29, 0.717) is 6.04 Å². The Balaban J connectivity index is 1.69. The molecule has 1 aromatic rings. The average Bonchev–Trinajstić information content (AvgIpc) is 3.12. The van der Waals surface area contributed by atoms with Crippen molar-refractivity contribution in [2.75, 3.05) is 7.05 Å². The predicted molar refractivity (Wildman–Crippen MR) is 74.7 cm³/mol. The van der Waals surface area contributed by atoms with Crippen LogP contribution in [0, 0.1) is 17.8 Å². The van der Waals surface area contributed by atoms with Crippen LogP contribution in [0.4, 0.5) is 0 Å². The molecule has 1 N–H and O–H groups in total. The summed E-state index contributed by atoms with van der Waals surface area (Å²) >= 11 is 6.21. The molecule has 3 unspecified atom stereocenters. The Morgan fingerprint density at radius 2 is 2.11 bits per heavy atom. The molecule has 2 saturated carbocycles. The van der Waals surface area contributed by atoms with E-state index in [9.17, 15) is 0 Å². The van der Waals surface area contributed by atoms with Gasteiger partial charge in [-0.1, -0.05) is 24.4 Å². The van der Waals surface area contributed by atoms with Gasteiger partial charge in [0.1, 0.15) is 0 Å². The highest BCUT2D eigenvalue weighted by Crippen LogP contribution is 2.57.